The summed E-state index contributed by atoms with van der Waals surface area (Å²) in [6.45, 7) is 3.57. The molecule has 0 aromatic carbocycles. The van der Waals surface area contributed by atoms with Crippen molar-refractivity contribution in [2.75, 3.05) is 6.54 Å². The van der Waals surface area contributed by atoms with Crippen LogP contribution < -0.4 is 10.9 Å². The Morgan fingerprint density at radius 1 is 1.50 bits per heavy atom. The van der Waals surface area contributed by atoms with Gasteiger partial charge in [-0.25, -0.2) is 4.98 Å². The zero-order chi connectivity index (χ0) is 11.4. The van der Waals surface area contributed by atoms with E-state index in [0.29, 0.717) is 12.5 Å². The van der Waals surface area contributed by atoms with E-state index in [9.17, 15) is 4.79 Å². The van der Waals surface area contributed by atoms with Crippen LogP contribution in [0, 0.1) is 0 Å². The number of H-pyrrole nitrogens is 1. The molecule has 1 saturated carbocycles. The first-order valence-corrected chi connectivity index (χ1v) is 6.10. The Kier molecular flexibility index (Phi) is 3.72. The number of nitrogens with one attached hydrogen (secondary N) is 2. The molecule has 0 spiro atoms. The molecule has 88 valence electrons. The fourth-order valence-electron chi connectivity index (χ4n) is 2.29. The molecule has 0 aliphatic heterocycles. The smallest absolute Gasteiger partial charge is 0.251 e. The summed E-state index contributed by atoms with van der Waals surface area (Å²) < 4.78 is 0. The summed E-state index contributed by atoms with van der Waals surface area (Å²) in [4.78, 5) is 18.8. The van der Waals surface area contributed by atoms with Gasteiger partial charge >= 0.3 is 0 Å². The van der Waals surface area contributed by atoms with Crippen LogP contribution in [0.3, 0.4) is 0 Å². The highest BCUT2D eigenvalue weighted by Crippen LogP contribution is 2.32. The molecule has 1 aromatic rings. The third-order valence-electron chi connectivity index (χ3n) is 3.13. The Morgan fingerprint density at radius 2 is 2.25 bits per heavy atom. The molecule has 0 atom stereocenters. The summed E-state index contributed by atoms with van der Waals surface area (Å²) in [6.07, 6.45) is 4.89. The van der Waals surface area contributed by atoms with Gasteiger partial charge in [-0.1, -0.05) is 19.8 Å². The highest BCUT2D eigenvalue weighted by molar-refractivity contribution is 5.10. The van der Waals surface area contributed by atoms with Crippen molar-refractivity contribution >= 4 is 0 Å². The molecule has 1 aliphatic carbocycles. The first-order valence-electron chi connectivity index (χ1n) is 6.10. The van der Waals surface area contributed by atoms with Gasteiger partial charge in [-0.15, -0.1) is 0 Å². The number of hydrogen-bond acceptors (Lipinski definition) is 3. The Bertz CT molecular complexity index is 393. The molecule has 0 saturated heterocycles. The van der Waals surface area contributed by atoms with E-state index in [1.165, 1.54) is 25.7 Å². The van der Waals surface area contributed by atoms with Crippen molar-refractivity contribution in [1.82, 2.24) is 15.3 Å². The third kappa shape index (κ3) is 2.70. The number of hydrogen-bond donors (Lipinski definition) is 2. The molecule has 16 heavy (non-hydrogen) atoms. The van der Waals surface area contributed by atoms with Crippen molar-refractivity contribution < 1.29 is 0 Å². The number of rotatable bonds is 4. The van der Waals surface area contributed by atoms with E-state index in [1.54, 1.807) is 6.07 Å². The van der Waals surface area contributed by atoms with E-state index < -0.39 is 0 Å². The van der Waals surface area contributed by atoms with Gasteiger partial charge in [0.1, 0.15) is 5.82 Å². The van der Waals surface area contributed by atoms with Gasteiger partial charge in [0.25, 0.3) is 5.56 Å². The fraction of sp³-hybridized carbons (Fsp3) is 0.667. The largest absolute Gasteiger partial charge is 0.310 e. The second kappa shape index (κ2) is 5.25. The molecule has 2 N–H and O–H groups in total. The van der Waals surface area contributed by atoms with Crippen LogP contribution >= 0.6 is 0 Å². The maximum atomic E-state index is 11.5. The van der Waals surface area contributed by atoms with Crippen molar-refractivity contribution in [3.05, 3.63) is 27.9 Å². The first-order chi connectivity index (χ1) is 7.79. The van der Waals surface area contributed by atoms with Crippen molar-refractivity contribution in [3.63, 3.8) is 0 Å². The molecule has 4 heteroatoms. The Hall–Kier alpha value is -1.16. The maximum Gasteiger partial charge on any atom is 0.251 e. The molecule has 0 amide bonds. The van der Waals surface area contributed by atoms with Crippen molar-refractivity contribution in [1.29, 1.82) is 0 Å². The standard InChI is InChI=1S/C12H19N3O/c1-2-13-8-11-14-10(7-12(16)15-11)9-5-3-4-6-9/h7,9,13H,2-6,8H2,1H3,(H,14,15,16). The lowest BCUT2D eigenvalue weighted by Gasteiger charge is -2.09. The van der Waals surface area contributed by atoms with E-state index in [4.69, 9.17) is 0 Å². The lowest BCUT2D eigenvalue weighted by molar-refractivity contribution is 0.648. The van der Waals surface area contributed by atoms with Gasteiger partial charge in [-0.3, -0.25) is 4.79 Å². The molecule has 0 unspecified atom stereocenters. The molecule has 0 bridgehead atoms. The average molecular weight is 221 g/mol. The highest BCUT2D eigenvalue weighted by Gasteiger charge is 2.19. The second-order valence-corrected chi connectivity index (χ2v) is 4.38. The van der Waals surface area contributed by atoms with Crippen LogP contribution in [-0.2, 0) is 6.54 Å². The molecular weight excluding hydrogens is 202 g/mol. The summed E-state index contributed by atoms with van der Waals surface area (Å²) >= 11 is 0. The van der Waals surface area contributed by atoms with Crippen molar-refractivity contribution in [2.45, 2.75) is 45.1 Å². The maximum absolute atomic E-state index is 11.5. The van der Waals surface area contributed by atoms with Crippen LogP contribution in [-0.4, -0.2) is 16.5 Å². The molecule has 1 aliphatic rings. The molecule has 2 rings (SSSR count). The quantitative estimate of drug-likeness (QED) is 0.810. The SMILES string of the molecule is CCNCc1nc(C2CCCC2)cc(=O)[nH]1. The molecule has 1 aromatic heterocycles. The topological polar surface area (TPSA) is 57.8 Å². The van der Waals surface area contributed by atoms with Crippen LogP contribution in [0.25, 0.3) is 0 Å². The summed E-state index contributed by atoms with van der Waals surface area (Å²) in [5, 5.41) is 3.18. The van der Waals surface area contributed by atoms with Gasteiger partial charge in [0.05, 0.1) is 12.2 Å². The van der Waals surface area contributed by atoms with Gasteiger partial charge < -0.3 is 10.3 Å². The highest BCUT2D eigenvalue weighted by atomic mass is 16.1. The predicted molar refractivity (Wildman–Crippen MR) is 63.4 cm³/mol. The third-order valence-corrected chi connectivity index (χ3v) is 3.13. The molecule has 1 fully saturated rings. The lowest BCUT2D eigenvalue weighted by Crippen LogP contribution is -2.20. The van der Waals surface area contributed by atoms with E-state index >= 15 is 0 Å². The Morgan fingerprint density at radius 3 is 2.94 bits per heavy atom. The monoisotopic (exact) mass is 221 g/mol. The zero-order valence-corrected chi connectivity index (χ0v) is 9.75. The number of nitrogens with zero attached hydrogens (tertiary/aromatic N) is 1. The van der Waals surface area contributed by atoms with E-state index in [2.05, 4.69) is 15.3 Å². The van der Waals surface area contributed by atoms with Crippen LogP contribution in [0.2, 0.25) is 0 Å². The molecule has 1 heterocycles. The van der Waals surface area contributed by atoms with Crippen LogP contribution in [0.15, 0.2) is 10.9 Å². The summed E-state index contributed by atoms with van der Waals surface area (Å²) in [6, 6.07) is 1.66. The van der Waals surface area contributed by atoms with Gasteiger partial charge in [0.2, 0.25) is 0 Å². The van der Waals surface area contributed by atoms with Crippen molar-refractivity contribution in [3.8, 4) is 0 Å². The molecule has 4 nitrogen and oxygen atoms in total. The number of aromatic amines is 1. The van der Waals surface area contributed by atoms with Gasteiger partial charge in [-0.2, -0.15) is 0 Å². The number of aromatic nitrogens is 2. The molecule has 0 radical (unpaired) electrons. The second-order valence-electron chi connectivity index (χ2n) is 4.38. The van der Waals surface area contributed by atoms with Gasteiger partial charge in [0, 0.05) is 12.0 Å². The average Bonchev–Trinajstić information content (AvgIpc) is 2.79. The van der Waals surface area contributed by atoms with Crippen LogP contribution in [0.5, 0.6) is 0 Å². The summed E-state index contributed by atoms with van der Waals surface area (Å²) in [7, 11) is 0. The minimum absolute atomic E-state index is 0.0233. The van der Waals surface area contributed by atoms with Crippen LogP contribution in [0.4, 0.5) is 0 Å². The lowest BCUT2D eigenvalue weighted by atomic mass is 10.0. The minimum atomic E-state index is -0.0233. The minimum Gasteiger partial charge on any atom is -0.310 e. The van der Waals surface area contributed by atoms with Crippen molar-refractivity contribution in [2.24, 2.45) is 0 Å². The normalized spacial score (nSPS) is 16.8. The molecular formula is C12H19N3O. The Balaban J connectivity index is 2.17. The first kappa shape index (κ1) is 11.3. The fourth-order valence-corrected chi connectivity index (χ4v) is 2.29. The van der Waals surface area contributed by atoms with E-state index in [-0.39, 0.29) is 5.56 Å². The predicted octanol–water partition coefficient (Wildman–Crippen LogP) is 1.54. The summed E-state index contributed by atoms with van der Waals surface area (Å²) in [5.41, 5.74) is 0.957. The van der Waals surface area contributed by atoms with Gasteiger partial charge in [0.15, 0.2) is 0 Å². The summed E-state index contributed by atoms with van der Waals surface area (Å²) in [5.74, 6) is 1.26. The van der Waals surface area contributed by atoms with Gasteiger partial charge in [-0.05, 0) is 19.4 Å². The van der Waals surface area contributed by atoms with E-state index in [1.807, 2.05) is 6.92 Å². The zero-order valence-electron chi connectivity index (χ0n) is 9.75. The Labute approximate surface area is 95.5 Å². The van der Waals surface area contributed by atoms with Crippen LogP contribution in [0.1, 0.15) is 50.0 Å². The van der Waals surface area contributed by atoms with E-state index in [0.717, 1.165) is 18.1 Å².